The number of carbonyl (C=O) groups is 2. The number of likely N-dealkylation sites (tertiary alicyclic amines) is 2. The molecule has 2 amide bonds. The summed E-state index contributed by atoms with van der Waals surface area (Å²) in [4.78, 5) is 31.5. The highest BCUT2D eigenvalue weighted by Gasteiger charge is 2.25. The number of carbonyl (C=O) groups excluding carboxylic acids is 2. The second kappa shape index (κ2) is 10.1. The van der Waals surface area contributed by atoms with Crippen molar-refractivity contribution in [3.8, 4) is 5.75 Å². The average Bonchev–Trinajstić information content (AvgIpc) is 3.37. The molecule has 32 heavy (non-hydrogen) atoms. The second-order valence-electron chi connectivity index (χ2n) is 9.04. The van der Waals surface area contributed by atoms with Crippen LogP contribution in [0, 0.1) is 5.92 Å². The molecule has 4 rings (SSSR count). The summed E-state index contributed by atoms with van der Waals surface area (Å²) < 4.78 is 6.06. The second-order valence-corrected chi connectivity index (χ2v) is 9.04. The Morgan fingerprint density at radius 3 is 2.31 bits per heavy atom. The van der Waals surface area contributed by atoms with Crippen molar-refractivity contribution in [2.24, 2.45) is 5.92 Å². The van der Waals surface area contributed by atoms with Crippen molar-refractivity contribution in [2.75, 3.05) is 51.8 Å². The van der Waals surface area contributed by atoms with Crippen LogP contribution in [-0.2, 0) is 0 Å². The number of ether oxygens (including phenoxy) is 1. The van der Waals surface area contributed by atoms with Crippen molar-refractivity contribution in [1.82, 2.24) is 9.80 Å². The van der Waals surface area contributed by atoms with E-state index in [4.69, 9.17) is 4.74 Å². The summed E-state index contributed by atoms with van der Waals surface area (Å²) >= 11 is 0. The zero-order chi connectivity index (χ0) is 22.5. The Labute approximate surface area is 190 Å². The van der Waals surface area contributed by atoms with Gasteiger partial charge in [-0.05, 0) is 68.1 Å². The van der Waals surface area contributed by atoms with E-state index in [-0.39, 0.29) is 17.7 Å². The molecule has 6 heteroatoms. The first-order chi connectivity index (χ1) is 15.5. The van der Waals surface area contributed by atoms with Crippen molar-refractivity contribution >= 4 is 17.5 Å². The monoisotopic (exact) mass is 435 g/mol. The van der Waals surface area contributed by atoms with Crippen molar-refractivity contribution in [1.29, 1.82) is 0 Å². The Bertz CT molecular complexity index is 936. The van der Waals surface area contributed by atoms with Crippen molar-refractivity contribution < 1.29 is 14.3 Å². The zero-order valence-corrected chi connectivity index (χ0v) is 19.1. The molecule has 0 N–H and O–H groups in total. The molecule has 0 spiro atoms. The zero-order valence-electron chi connectivity index (χ0n) is 19.1. The van der Waals surface area contributed by atoms with Gasteiger partial charge in [0.15, 0.2) is 0 Å². The van der Waals surface area contributed by atoms with Crippen LogP contribution >= 0.6 is 0 Å². The molecule has 2 aliphatic rings. The number of piperidine rings is 1. The molecule has 2 saturated heterocycles. The highest BCUT2D eigenvalue weighted by Crippen LogP contribution is 2.23. The van der Waals surface area contributed by atoms with Gasteiger partial charge >= 0.3 is 0 Å². The molecule has 0 aliphatic carbocycles. The third kappa shape index (κ3) is 5.23. The van der Waals surface area contributed by atoms with E-state index in [1.165, 1.54) is 0 Å². The summed E-state index contributed by atoms with van der Waals surface area (Å²) in [5, 5.41) is 0. The molecular formula is C26H33N3O3. The highest BCUT2D eigenvalue weighted by atomic mass is 16.5. The molecular weight excluding hydrogens is 402 g/mol. The van der Waals surface area contributed by atoms with E-state index >= 15 is 0 Å². The van der Waals surface area contributed by atoms with E-state index in [0.29, 0.717) is 18.7 Å². The quantitative estimate of drug-likeness (QED) is 0.690. The predicted octanol–water partition coefficient (Wildman–Crippen LogP) is 3.92. The molecule has 1 atom stereocenters. The molecule has 0 saturated carbocycles. The lowest BCUT2D eigenvalue weighted by Gasteiger charge is -2.32. The van der Waals surface area contributed by atoms with E-state index in [2.05, 4.69) is 0 Å². The SMILES string of the molecule is CN(C)c1ccc(C(=O)N2CCCC(COc3cccc(C(=O)N4CCCC4)c3)C2)cc1. The summed E-state index contributed by atoms with van der Waals surface area (Å²) in [6.45, 7) is 3.71. The van der Waals surface area contributed by atoms with Gasteiger partial charge in [0.05, 0.1) is 6.61 Å². The number of hydrogen-bond acceptors (Lipinski definition) is 4. The van der Waals surface area contributed by atoms with Crippen LogP contribution in [0.15, 0.2) is 48.5 Å². The van der Waals surface area contributed by atoms with Crippen LogP contribution in [0.1, 0.15) is 46.4 Å². The number of nitrogens with zero attached hydrogens (tertiary/aromatic N) is 3. The molecule has 0 aromatic heterocycles. The number of hydrogen-bond donors (Lipinski definition) is 0. The van der Waals surface area contributed by atoms with Gasteiger partial charge in [-0.2, -0.15) is 0 Å². The Kier molecular flexibility index (Phi) is 6.98. The summed E-state index contributed by atoms with van der Waals surface area (Å²) in [5.74, 6) is 1.17. The normalized spacial score (nSPS) is 18.5. The fraction of sp³-hybridized carbons (Fsp3) is 0.462. The maximum absolute atomic E-state index is 13.0. The fourth-order valence-corrected chi connectivity index (χ4v) is 4.51. The minimum atomic E-state index is 0.0817. The maximum Gasteiger partial charge on any atom is 0.253 e. The van der Waals surface area contributed by atoms with Crippen LogP contribution in [0.3, 0.4) is 0 Å². The Morgan fingerprint density at radius 1 is 0.906 bits per heavy atom. The van der Waals surface area contributed by atoms with Crippen molar-refractivity contribution in [3.63, 3.8) is 0 Å². The summed E-state index contributed by atoms with van der Waals surface area (Å²) in [6.07, 6.45) is 4.18. The van der Waals surface area contributed by atoms with Gasteiger partial charge in [0.2, 0.25) is 0 Å². The van der Waals surface area contributed by atoms with Gasteiger partial charge in [-0.1, -0.05) is 6.07 Å². The van der Waals surface area contributed by atoms with E-state index in [1.807, 2.05) is 77.3 Å². The molecule has 0 radical (unpaired) electrons. The van der Waals surface area contributed by atoms with Crippen LogP contribution in [0.5, 0.6) is 5.75 Å². The van der Waals surface area contributed by atoms with Gasteiger partial charge in [-0.3, -0.25) is 9.59 Å². The Hall–Kier alpha value is -3.02. The molecule has 2 aliphatic heterocycles. The van der Waals surface area contributed by atoms with E-state index < -0.39 is 0 Å². The Balaban J connectivity index is 1.33. The molecule has 2 fully saturated rings. The van der Waals surface area contributed by atoms with Gasteiger partial charge in [0.1, 0.15) is 5.75 Å². The lowest BCUT2D eigenvalue weighted by atomic mass is 9.98. The minimum Gasteiger partial charge on any atom is -0.493 e. The third-order valence-corrected chi connectivity index (χ3v) is 6.40. The van der Waals surface area contributed by atoms with E-state index in [0.717, 1.165) is 62.3 Å². The third-order valence-electron chi connectivity index (χ3n) is 6.40. The smallest absolute Gasteiger partial charge is 0.253 e. The first-order valence-electron chi connectivity index (χ1n) is 11.6. The van der Waals surface area contributed by atoms with E-state index in [9.17, 15) is 9.59 Å². The molecule has 2 heterocycles. The first kappa shape index (κ1) is 22.2. The number of anilines is 1. The van der Waals surface area contributed by atoms with Crippen molar-refractivity contribution in [3.05, 3.63) is 59.7 Å². The standard InChI is InChI=1S/C26H33N3O3/c1-27(2)23-12-10-21(11-13-23)25(30)29-16-6-7-20(18-29)19-32-24-9-5-8-22(17-24)26(31)28-14-3-4-15-28/h5,8-13,17,20H,3-4,6-7,14-16,18-19H2,1-2H3. The van der Waals surface area contributed by atoms with Crippen molar-refractivity contribution in [2.45, 2.75) is 25.7 Å². The van der Waals surface area contributed by atoms with Crippen LogP contribution in [0.25, 0.3) is 0 Å². The fourth-order valence-electron chi connectivity index (χ4n) is 4.51. The summed E-state index contributed by atoms with van der Waals surface area (Å²) in [6, 6.07) is 15.3. The van der Waals surface area contributed by atoms with Crippen LogP contribution in [0.2, 0.25) is 0 Å². The van der Waals surface area contributed by atoms with Crippen LogP contribution in [-0.4, -0.2) is 68.5 Å². The maximum atomic E-state index is 13.0. The largest absolute Gasteiger partial charge is 0.493 e. The first-order valence-corrected chi connectivity index (χ1v) is 11.6. The molecule has 1 unspecified atom stereocenters. The van der Waals surface area contributed by atoms with Gasteiger partial charge in [0, 0.05) is 63.0 Å². The van der Waals surface area contributed by atoms with Crippen LogP contribution < -0.4 is 9.64 Å². The summed E-state index contributed by atoms with van der Waals surface area (Å²) in [7, 11) is 3.98. The lowest BCUT2D eigenvalue weighted by molar-refractivity contribution is 0.0632. The average molecular weight is 436 g/mol. The van der Waals surface area contributed by atoms with Gasteiger partial charge in [-0.25, -0.2) is 0 Å². The van der Waals surface area contributed by atoms with Gasteiger partial charge in [0.25, 0.3) is 11.8 Å². The molecule has 6 nitrogen and oxygen atoms in total. The molecule has 2 aromatic rings. The van der Waals surface area contributed by atoms with E-state index in [1.54, 1.807) is 0 Å². The molecule has 170 valence electrons. The lowest BCUT2D eigenvalue weighted by Crippen LogP contribution is -2.41. The predicted molar refractivity (Wildman–Crippen MR) is 126 cm³/mol. The van der Waals surface area contributed by atoms with Crippen LogP contribution in [0.4, 0.5) is 5.69 Å². The molecule has 0 bridgehead atoms. The molecule has 2 aromatic carbocycles. The number of amides is 2. The van der Waals surface area contributed by atoms with Gasteiger partial charge in [-0.15, -0.1) is 0 Å². The number of benzene rings is 2. The Morgan fingerprint density at radius 2 is 1.59 bits per heavy atom. The van der Waals surface area contributed by atoms with Gasteiger partial charge < -0.3 is 19.4 Å². The number of rotatable bonds is 6. The minimum absolute atomic E-state index is 0.0817. The topological polar surface area (TPSA) is 53.1 Å². The highest BCUT2D eigenvalue weighted by molar-refractivity contribution is 5.95. The summed E-state index contributed by atoms with van der Waals surface area (Å²) in [5.41, 5.74) is 2.49.